The van der Waals surface area contributed by atoms with Gasteiger partial charge in [0, 0.05) is 19.0 Å². The molecule has 0 aliphatic heterocycles. The molecule has 0 spiro atoms. The number of aryl methyl sites for hydroxylation is 1. The summed E-state index contributed by atoms with van der Waals surface area (Å²) < 4.78 is 5.61. The Labute approximate surface area is 92.5 Å². The van der Waals surface area contributed by atoms with Crippen LogP contribution in [0.4, 0.5) is 0 Å². The van der Waals surface area contributed by atoms with Crippen molar-refractivity contribution in [2.45, 2.75) is 32.9 Å². The van der Waals surface area contributed by atoms with E-state index in [1.807, 2.05) is 12.1 Å². The Kier molecular flexibility index (Phi) is 4.85. The standard InChI is InChI=1S/C12H22N2O/c1-5-11-6-7-12(15-11)8-13-10(2)9-14(3)4/h6-7,10,13H,5,8-9H2,1-4H3. The predicted octanol–water partition coefficient (Wildman–Crippen LogP) is 1.88. The molecule has 1 N–H and O–H groups in total. The molecule has 0 bridgehead atoms. The highest BCUT2D eigenvalue weighted by molar-refractivity contribution is 5.06. The Bertz CT molecular complexity index is 281. The van der Waals surface area contributed by atoms with E-state index in [0.29, 0.717) is 6.04 Å². The van der Waals surface area contributed by atoms with Crippen LogP contribution in [0.1, 0.15) is 25.4 Å². The fraction of sp³-hybridized carbons (Fsp3) is 0.667. The van der Waals surface area contributed by atoms with Gasteiger partial charge in [-0.2, -0.15) is 0 Å². The van der Waals surface area contributed by atoms with Crippen LogP contribution in [-0.2, 0) is 13.0 Å². The van der Waals surface area contributed by atoms with Crippen LogP contribution in [0.2, 0.25) is 0 Å². The van der Waals surface area contributed by atoms with E-state index in [1.165, 1.54) is 0 Å². The lowest BCUT2D eigenvalue weighted by Crippen LogP contribution is -2.35. The monoisotopic (exact) mass is 210 g/mol. The van der Waals surface area contributed by atoms with Crippen LogP contribution in [0.25, 0.3) is 0 Å². The Hall–Kier alpha value is -0.800. The van der Waals surface area contributed by atoms with Crippen molar-refractivity contribution in [2.75, 3.05) is 20.6 Å². The van der Waals surface area contributed by atoms with Gasteiger partial charge in [0.1, 0.15) is 11.5 Å². The van der Waals surface area contributed by atoms with Gasteiger partial charge in [0.2, 0.25) is 0 Å². The van der Waals surface area contributed by atoms with Gasteiger partial charge in [-0.15, -0.1) is 0 Å². The van der Waals surface area contributed by atoms with Crippen molar-refractivity contribution in [3.05, 3.63) is 23.7 Å². The molecule has 1 unspecified atom stereocenters. The third kappa shape index (κ3) is 4.49. The molecular formula is C12H22N2O. The van der Waals surface area contributed by atoms with Crippen LogP contribution < -0.4 is 5.32 Å². The maximum atomic E-state index is 5.61. The zero-order valence-electron chi connectivity index (χ0n) is 10.2. The molecule has 1 heterocycles. The van der Waals surface area contributed by atoms with Gasteiger partial charge in [0.25, 0.3) is 0 Å². The summed E-state index contributed by atoms with van der Waals surface area (Å²) in [6, 6.07) is 4.58. The molecule has 86 valence electrons. The highest BCUT2D eigenvalue weighted by Crippen LogP contribution is 2.08. The highest BCUT2D eigenvalue weighted by Gasteiger charge is 2.04. The van der Waals surface area contributed by atoms with E-state index in [0.717, 1.165) is 31.0 Å². The third-order valence-corrected chi connectivity index (χ3v) is 2.33. The van der Waals surface area contributed by atoms with E-state index in [9.17, 15) is 0 Å². The maximum Gasteiger partial charge on any atom is 0.117 e. The molecule has 0 fully saturated rings. The molecule has 0 radical (unpaired) electrons. The van der Waals surface area contributed by atoms with E-state index < -0.39 is 0 Å². The summed E-state index contributed by atoms with van der Waals surface area (Å²) in [5, 5.41) is 3.43. The number of rotatable bonds is 6. The van der Waals surface area contributed by atoms with Gasteiger partial charge in [0.15, 0.2) is 0 Å². The number of hydrogen-bond acceptors (Lipinski definition) is 3. The van der Waals surface area contributed by atoms with Gasteiger partial charge in [-0.05, 0) is 33.2 Å². The molecule has 1 atom stereocenters. The minimum absolute atomic E-state index is 0.482. The topological polar surface area (TPSA) is 28.4 Å². The van der Waals surface area contributed by atoms with Gasteiger partial charge in [0.05, 0.1) is 6.54 Å². The molecule has 3 nitrogen and oxygen atoms in total. The summed E-state index contributed by atoms with van der Waals surface area (Å²) in [6.07, 6.45) is 0.966. The van der Waals surface area contributed by atoms with Gasteiger partial charge in [-0.25, -0.2) is 0 Å². The van der Waals surface area contributed by atoms with E-state index in [-0.39, 0.29) is 0 Å². The van der Waals surface area contributed by atoms with Crippen LogP contribution in [0.15, 0.2) is 16.5 Å². The van der Waals surface area contributed by atoms with E-state index >= 15 is 0 Å². The second kappa shape index (κ2) is 5.93. The molecule has 1 aromatic rings. The van der Waals surface area contributed by atoms with Crippen molar-refractivity contribution < 1.29 is 4.42 Å². The lowest BCUT2D eigenvalue weighted by Gasteiger charge is -2.17. The Morgan fingerprint density at radius 3 is 2.53 bits per heavy atom. The predicted molar refractivity (Wildman–Crippen MR) is 62.9 cm³/mol. The minimum Gasteiger partial charge on any atom is -0.465 e. The maximum absolute atomic E-state index is 5.61. The fourth-order valence-corrected chi connectivity index (χ4v) is 1.59. The first-order valence-corrected chi connectivity index (χ1v) is 5.57. The minimum atomic E-state index is 0.482. The number of hydrogen-bond donors (Lipinski definition) is 1. The molecule has 0 saturated heterocycles. The average Bonchev–Trinajstić information content (AvgIpc) is 2.61. The summed E-state index contributed by atoms with van der Waals surface area (Å²) in [4.78, 5) is 2.18. The van der Waals surface area contributed by atoms with Crippen molar-refractivity contribution in [1.29, 1.82) is 0 Å². The van der Waals surface area contributed by atoms with Gasteiger partial charge in [-0.1, -0.05) is 6.92 Å². The first-order valence-electron chi connectivity index (χ1n) is 5.57. The lowest BCUT2D eigenvalue weighted by atomic mass is 10.3. The molecule has 0 amide bonds. The summed E-state index contributed by atoms with van der Waals surface area (Å²) in [5.41, 5.74) is 0. The molecular weight excluding hydrogens is 188 g/mol. The van der Waals surface area contributed by atoms with Gasteiger partial charge in [-0.3, -0.25) is 0 Å². The second-order valence-corrected chi connectivity index (χ2v) is 4.27. The zero-order valence-corrected chi connectivity index (χ0v) is 10.2. The first-order chi connectivity index (χ1) is 7.11. The van der Waals surface area contributed by atoms with E-state index in [1.54, 1.807) is 0 Å². The summed E-state index contributed by atoms with van der Waals surface area (Å²) in [6.45, 7) is 6.14. The Morgan fingerprint density at radius 2 is 2.00 bits per heavy atom. The summed E-state index contributed by atoms with van der Waals surface area (Å²) in [7, 11) is 4.17. The molecule has 15 heavy (non-hydrogen) atoms. The highest BCUT2D eigenvalue weighted by atomic mass is 16.3. The number of likely N-dealkylation sites (N-methyl/N-ethyl adjacent to an activating group) is 1. The average molecular weight is 210 g/mol. The van der Waals surface area contributed by atoms with Crippen LogP contribution in [0, 0.1) is 0 Å². The quantitative estimate of drug-likeness (QED) is 0.777. The van der Waals surface area contributed by atoms with Crippen LogP contribution >= 0.6 is 0 Å². The molecule has 3 heteroatoms. The van der Waals surface area contributed by atoms with Crippen LogP contribution in [0.3, 0.4) is 0 Å². The zero-order chi connectivity index (χ0) is 11.3. The van der Waals surface area contributed by atoms with E-state index in [4.69, 9.17) is 4.42 Å². The van der Waals surface area contributed by atoms with Crippen LogP contribution in [-0.4, -0.2) is 31.6 Å². The second-order valence-electron chi connectivity index (χ2n) is 4.27. The largest absolute Gasteiger partial charge is 0.465 e. The van der Waals surface area contributed by atoms with E-state index in [2.05, 4.69) is 38.2 Å². The molecule has 1 aromatic heterocycles. The normalized spacial score (nSPS) is 13.4. The van der Waals surface area contributed by atoms with Crippen molar-refractivity contribution in [3.63, 3.8) is 0 Å². The van der Waals surface area contributed by atoms with Crippen LogP contribution in [0.5, 0.6) is 0 Å². The molecule has 0 aliphatic rings. The first kappa shape index (κ1) is 12.3. The van der Waals surface area contributed by atoms with Crippen molar-refractivity contribution >= 4 is 0 Å². The number of nitrogens with one attached hydrogen (secondary N) is 1. The summed E-state index contributed by atoms with van der Waals surface area (Å²) in [5.74, 6) is 2.09. The lowest BCUT2D eigenvalue weighted by molar-refractivity contribution is 0.339. The van der Waals surface area contributed by atoms with Crippen molar-refractivity contribution in [3.8, 4) is 0 Å². The number of nitrogens with zero attached hydrogens (tertiary/aromatic N) is 1. The number of furan rings is 1. The van der Waals surface area contributed by atoms with Gasteiger partial charge >= 0.3 is 0 Å². The fourth-order valence-electron chi connectivity index (χ4n) is 1.59. The molecule has 0 aromatic carbocycles. The molecule has 1 rings (SSSR count). The Morgan fingerprint density at radius 1 is 1.33 bits per heavy atom. The van der Waals surface area contributed by atoms with Crippen molar-refractivity contribution in [2.24, 2.45) is 0 Å². The summed E-state index contributed by atoms with van der Waals surface area (Å²) >= 11 is 0. The smallest absolute Gasteiger partial charge is 0.117 e. The van der Waals surface area contributed by atoms with Gasteiger partial charge < -0.3 is 14.6 Å². The molecule has 0 saturated carbocycles. The third-order valence-electron chi connectivity index (χ3n) is 2.33. The molecule has 0 aliphatic carbocycles. The SMILES string of the molecule is CCc1ccc(CNC(C)CN(C)C)o1. The Balaban J connectivity index is 2.30. The van der Waals surface area contributed by atoms with Crippen molar-refractivity contribution in [1.82, 2.24) is 10.2 Å².